The summed E-state index contributed by atoms with van der Waals surface area (Å²) in [6.07, 6.45) is 0. The number of hydrogen-bond donors (Lipinski definition) is 2. The number of quaternary nitrogens is 1. The molecule has 0 aliphatic carbocycles. The lowest BCUT2D eigenvalue weighted by Crippen LogP contribution is -2.67. The van der Waals surface area contributed by atoms with Crippen molar-refractivity contribution in [3.05, 3.63) is 30.3 Å². The molecule has 1 aromatic carbocycles. The van der Waals surface area contributed by atoms with E-state index in [1.807, 2.05) is 6.07 Å². The number of rotatable bonds is 5. The maximum Gasteiger partial charge on any atom is 0.279 e. The predicted molar refractivity (Wildman–Crippen MR) is 61.6 cm³/mol. The molecule has 1 amide bonds. The molecule has 5 nitrogen and oxygen atoms in total. The van der Waals surface area contributed by atoms with Crippen molar-refractivity contribution in [2.75, 3.05) is 0 Å². The second-order valence-corrected chi connectivity index (χ2v) is 4.72. The molecule has 0 saturated heterocycles. The van der Waals surface area contributed by atoms with E-state index in [9.17, 15) is 14.7 Å². The van der Waals surface area contributed by atoms with Crippen molar-refractivity contribution in [2.24, 2.45) is 0 Å². The van der Waals surface area contributed by atoms with Gasteiger partial charge >= 0.3 is 0 Å². The highest BCUT2D eigenvalue weighted by molar-refractivity contribution is 8.00. The Kier molecular flexibility index (Phi) is 4.99. The van der Waals surface area contributed by atoms with Gasteiger partial charge in [-0.2, -0.15) is 0 Å². The predicted octanol–water partition coefficient (Wildman–Crippen LogP) is -1.40. The summed E-state index contributed by atoms with van der Waals surface area (Å²) in [5.74, 6) is -1.74. The number of thioether (sulfide) groups is 1. The van der Waals surface area contributed by atoms with Crippen LogP contribution in [0.1, 0.15) is 6.92 Å². The van der Waals surface area contributed by atoms with Gasteiger partial charge in [0.2, 0.25) is 0 Å². The molecule has 0 aliphatic rings. The Morgan fingerprint density at radius 3 is 2.41 bits per heavy atom. The Hall–Kier alpha value is -1.53. The van der Waals surface area contributed by atoms with E-state index in [2.05, 4.69) is 11.1 Å². The number of benzene rings is 1. The SMILES string of the molecule is CC([NH3+])C(=O)NC(Sc1ccccc1)C(=O)[O-]. The molecule has 0 aromatic heterocycles. The van der Waals surface area contributed by atoms with Gasteiger partial charge in [0.05, 0.1) is 5.97 Å². The summed E-state index contributed by atoms with van der Waals surface area (Å²) in [5.41, 5.74) is 3.52. The average molecular weight is 254 g/mol. The zero-order valence-corrected chi connectivity index (χ0v) is 10.2. The molecule has 0 bridgehead atoms. The van der Waals surface area contributed by atoms with Crippen LogP contribution < -0.4 is 16.2 Å². The standard InChI is InChI=1S/C11H14N2O3S/c1-7(12)9(14)13-10(11(15)16)17-8-5-3-2-4-6-8/h2-7,10H,12H2,1H3,(H,13,14)(H,15,16). The molecular weight excluding hydrogens is 240 g/mol. The van der Waals surface area contributed by atoms with Crippen LogP contribution in [-0.4, -0.2) is 23.3 Å². The number of nitrogens with one attached hydrogen (secondary N) is 1. The summed E-state index contributed by atoms with van der Waals surface area (Å²) >= 11 is 1.02. The fourth-order valence-corrected chi connectivity index (χ4v) is 1.90. The van der Waals surface area contributed by atoms with E-state index in [4.69, 9.17) is 0 Å². The average Bonchev–Trinajstić information content (AvgIpc) is 2.29. The van der Waals surface area contributed by atoms with Crippen LogP contribution in [0.5, 0.6) is 0 Å². The van der Waals surface area contributed by atoms with E-state index in [1.54, 1.807) is 31.2 Å². The summed E-state index contributed by atoms with van der Waals surface area (Å²) < 4.78 is 0. The number of hydrogen-bond acceptors (Lipinski definition) is 4. The van der Waals surface area contributed by atoms with Gasteiger partial charge in [0.15, 0.2) is 6.04 Å². The van der Waals surface area contributed by atoms with Crippen molar-refractivity contribution < 1.29 is 20.4 Å². The summed E-state index contributed by atoms with van der Waals surface area (Å²) in [4.78, 5) is 23.0. The van der Waals surface area contributed by atoms with Crippen LogP contribution in [0.15, 0.2) is 35.2 Å². The summed E-state index contributed by atoms with van der Waals surface area (Å²) in [6.45, 7) is 1.59. The summed E-state index contributed by atoms with van der Waals surface area (Å²) in [5, 5.41) is 12.2. The Morgan fingerprint density at radius 1 is 1.35 bits per heavy atom. The molecule has 2 unspecified atom stereocenters. The van der Waals surface area contributed by atoms with Crippen LogP contribution >= 0.6 is 11.8 Å². The maximum absolute atomic E-state index is 11.4. The number of carbonyl (C=O) groups excluding carboxylic acids is 2. The minimum absolute atomic E-state index is 0.414. The van der Waals surface area contributed by atoms with Gasteiger partial charge in [-0.3, -0.25) is 4.79 Å². The lowest BCUT2D eigenvalue weighted by Gasteiger charge is -2.19. The summed E-state index contributed by atoms with van der Waals surface area (Å²) in [6, 6.07) is 8.43. The molecule has 0 fully saturated rings. The Balaban J connectivity index is 2.68. The fourth-order valence-electron chi connectivity index (χ4n) is 1.04. The number of carboxylic acid groups (broad SMARTS) is 1. The number of aliphatic carboxylic acids is 1. The molecule has 2 atom stereocenters. The fraction of sp³-hybridized carbons (Fsp3) is 0.273. The van der Waals surface area contributed by atoms with Crippen molar-refractivity contribution >= 4 is 23.6 Å². The first kappa shape index (κ1) is 13.5. The van der Waals surface area contributed by atoms with Gasteiger partial charge in [0.25, 0.3) is 5.91 Å². The molecule has 92 valence electrons. The third-order valence-electron chi connectivity index (χ3n) is 1.93. The largest absolute Gasteiger partial charge is 0.547 e. The Bertz CT molecular complexity index is 395. The second-order valence-electron chi connectivity index (χ2n) is 3.54. The lowest BCUT2D eigenvalue weighted by molar-refractivity contribution is -0.398. The van der Waals surface area contributed by atoms with Gasteiger partial charge < -0.3 is 21.0 Å². The van der Waals surface area contributed by atoms with Gasteiger partial charge in [-0.05, 0) is 19.1 Å². The van der Waals surface area contributed by atoms with Crippen LogP contribution in [0.25, 0.3) is 0 Å². The van der Waals surface area contributed by atoms with Gasteiger partial charge in [-0.15, -0.1) is 0 Å². The Labute approximate surface area is 103 Å². The van der Waals surface area contributed by atoms with E-state index in [0.29, 0.717) is 0 Å². The lowest BCUT2D eigenvalue weighted by atomic mass is 10.3. The van der Waals surface area contributed by atoms with E-state index in [0.717, 1.165) is 16.7 Å². The minimum Gasteiger partial charge on any atom is -0.547 e. The second kappa shape index (κ2) is 6.27. The van der Waals surface area contributed by atoms with Crippen molar-refractivity contribution in [2.45, 2.75) is 23.2 Å². The molecule has 0 radical (unpaired) electrons. The quantitative estimate of drug-likeness (QED) is 0.499. The molecule has 1 rings (SSSR count). The van der Waals surface area contributed by atoms with Gasteiger partial charge in [-0.25, -0.2) is 0 Å². The zero-order chi connectivity index (χ0) is 12.8. The van der Waals surface area contributed by atoms with E-state index >= 15 is 0 Å². The molecule has 0 saturated carbocycles. The van der Waals surface area contributed by atoms with Crippen LogP contribution in [0.2, 0.25) is 0 Å². The van der Waals surface area contributed by atoms with Gasteiger partial charge in [0.1, 0.15) is 5.37 Å². The van der Waals surface area contributed by atoms with Crippen molar-refractivity contribution in [1.82, 2.24) is 5.32 Å². The molecule has 4 N–H and O–H groups in total. The highest BCUT2D eigenvalue weighted by Crippen LogP contribution is 2.20. The molecule has 0 spiro atoms. The first-order valence-corrected chi connectivity index (χ1v) is 5.94. The van der Waals surface area contributed by atoms with Gasteiger partial charge in [0, 0.05) is 4.90 Å². The molecule has 0 aliphatic heterocycles. The first-order valence-electron chi connectivity index (χ1n) is 5.06. The molecule has 17 heavy (non-hydrogen) atoms. The van der Waals surface area contributed by atoms with Crippen LogP contribution in [-0.2, 0) is 9.59 Å². The van der Waals surface area contributed by atoms with E-state index in [-0.39, 0.29) is 0 Å². The summed E-state index contributed by atoms with van der Waals surface area (Å²) in [7, 11) is 0. The number of carboxylic acids is 1. The number of amides is 1. The van der Waals surface area contributed by atoms with Crippen LogP contribution in [0.4, 0.5) is 0 Å². The smallest absolute Gasteiger partial charge is 0.279 e. The monoisotopic (exact) mass is 254 g/mol. The van der Waals surface area contributed by atoms with Gasteiger partial charge in [-0.1, -0.05) is 30.0 Å². The molecule has 1 aromatic rings. The molecule has 0 heterocycles. The highest BCUT2D eigenvalue weighted by Gasteiger charge is 2.18. The molecule has 6 heteroatoms. The first-order chi connectivity index (χ1) is 8.00. The van der Waals surface area contributed by atoms with Crippen LogP contribution in [0, 0.1) is 0 Å². The van der Waals surface area contributed by atoms with E-state index < -0.39 is 23.3 Å². The van der Waals surface area contributed by atoms with E-state index in [1.165, 1.54) is 0 Å². The third-order valence-corrected chi connectivity index (χ3v) is 3.02. The third kappa shape index (κ3) is 4.46. The highest BCUT2D eigenvalue weighted by atomic mass is 32.2. The zero-order valence-electron chi connectivity index (χ0n) is 9.38. The minimum atomic E-state index is -1.33. The normalized spacial score (nSPS) is 13.8. The van der Waals surface area contributed by atoms with Crippen molar-refractivity contribution in [1.29, 1.82) is 0 Å². The van der Waals surface area contributed by atoms with Crippen molar-refractivity contribution in [3.63, 3.8) is 0 Å². The Morgan fingerprint density at radius 2 is 1.94 bits per heavy atom. The van der Waals surface area contributed by atoms with Crippen molar-refractivity contribution in [3.8, 4) is 0 Å². The number of carbonyl (C=O) groups is 2. The molecular formula is C11H14N2O3S. The van der Waals surface area contributed by atoms with Crippen LogP contribution in [0.3, 0.4) is 0 Å². The maximum atomic E-state index is 11.4. The topological polar surface area (TPSA) is 96.9 Å².